The molecule has 3 rings (SSSR count). The third-order valence-electron chi connectivity index (χ3n) is 4.66. The maximum atomic E-state index is 4.89. The highest BCUT2D eigenvalue weighted by molar-refractivity contribution is 5.04. The summed E-state index contributed by atoms with van der Waals surface area (Å²) in [5, 5.41) is 8.34. The Morgan fingerprint density at radius 2 is 1.74 bits per heavy atom. The van der Waals surface area contributed by atoms with Gasteiger partial charge in [-0.3, -0.25) is 4.68 Å². The van der Waals surface area contributed by atoms with Crippen molar-refractivity contribution < 1.29 is 0 Å². The molecule has 1 aliphatic heterocycles. The Balaban J connectivity index is 1.75. The van der Waals surface area contributed by atoms with Gasteiger partial charge in [0.2, 0.25) is 0 Å². The predicted molar refractivity (Wildman–Crippen MR) is 76.0 cm³/mol. The summed E-state index contributed by atoms with van der Waals surface area (Å²) in [5.41, 5.74) is 0. The Bertz CT molecular complexity index is 398. The molecule has 2 aliphatic rings. The van der Waals surface area contributed by atoms with Crippen LogP contribution in [0.3, 0.4) is 0 Å². The number of aryl methyl sites for hydroxylation is 1. The molecule has 1 atom stereocenters. The second kappa shape index (κ2) is 6.04. The van der Waals surface area contributed by atoms with Gasteiger partial charge in [-0.15, -0.1) is 0 Å². The monoisotopic (exact) mass is 262 g/mol. The van der Waals surface area contributed by atoms with E-state index >= 15 is 0 Å². The summed E-state index contributed by atoms with van der Waals surface area (Å²) in [4.78, 5) is 4.89. The molecular formula is C15H26N4. The largest absolute Gasteiger partial charge is 0.307 e. The molecule has 1 saturated carbocycles. The molecule has 4 nitrogen and oxygen atoms in total. The van der Waals surface area contributed by atoms with Crippen molar-refractivity contribution >= 4 is 0 Å². The smallest absolute Gasteiger partial charge is 0.154 e. The highest BCUT2D eigenvalue weighted by atomic mass is 15.3. The topological polar surface area (TPSA) is 42.7 Å². The highest BCUT2D eigenvalue weighted by Crippen LogP contribution is 2.31. The minimum atomic E-state index is 0.414. The van der Waals surface area contributed by atoms with Crippen LogP contribution in [0.1, 0.15) is 81.4 Å². The van der Waals surface area contributed by atoms with E-state index in [4.69, 9.17) is 10.1 Å². The molecule has 106 valence electrons. The van der Waals surface area contributed by atoms with Gasteiger partial charge in [0.05, 0.1) is 6.04 Å². The van der Waals surface area contributed by atoms with Gasteiger partial charge in [-0.25, -0.2) is 4.98 Å². The van der Waals surface area contributed by atoms with Crippen molar-refractivity contribution in [2.24, 2.45) is 7.05 Å². The Morgan fingerprint density at radius 3 is 2.58 bits per heavy atom. The van der Waals surface area contributed by atoms with Crippen molar-refractivity contribution in [2.45, 2.75) is 69.7 Å². The average molecular weight is 262 g/mol. The summed E-state index contributed by atoms with van der Waals surface area (Å²) in [6.07, 6.45) is 11.8. The second-order valence-electron chi connectivity index (χ2n) is 6.14. The van der Waals surface area contributed by atoms with Crippen LogP contribution in [-0.2, 0) is 7.05 Å². The number of nitrogens with one attached hydrogen (secondary N) is 1. The van der Waals surface area contributed by atoms with Crippen LogP contribution >= 0.6 is 0 Å². The van der Waals surface area contributed by atoms with Crippen LogP contribution in [0.4, 0.5) is 0 Å². The lowest BCUT2D eigenvalue weighted by Crippen LogP contribution is -2.23. The van der Waals surface area contributed by atoms with E-state index in [1.54, 1.807) is 0 Å². The minimum Gasteiger partial charge on any atom is -0.307 e. The number of rotatable bonds is 2. The Labute approximate surface area is 116 Å². The third kappa shape index (κ3) is 2.99. The average Bonchev–Trinajstić information content (AvgIpc) is 2.66. The van der Waals surface area contributed by atoms with E-state index < -0.39 is 0 Å². The quantitative estimate of drug-likeness (QED) is 0.890. The van der Waals surface area contributed by atoms with Gasteiger partial charge in [0.1, 0.15) is 5.82 Å². The van der Waals surface area contributed by atoms with Crippen LogP contribution in [0, 0.1) is 0 Å². The molecule has 0 bridgehead atoms. The first-order chi connectivity index (χ1) is 9.34. The number of nitrogens with zero attached hydrogens (tertiary/aromatic N) is 3. The molecule has 1 unspecified atom stereocenters. The predicted octanol–water partition coefficient (Wildman–Crippen LogP) is 3.07. The first-order valence-electron chi connectivity index (χ1n) is 7.99. The molecule has 0 aromatic carbocycles. The van der Waals surface area contributed by atoms with Crippen LogP contribution in [0.15, 0.2) is 0 Å². The van der Waals surface area contributed by atoms with Crippen LogP contribution in [-0.4, -0.2) is 21.3 Å². The third-order valence-corrected chi connectivity index (χ3v) is 4.66. The molecule has 2 heterocycles. The van der Waals surface area contributed by atoms with E-state index in [1.165, 1.54) is 57.8 Å². The Morgan fingerprint density at radius 1 is 1.00 bits per heavy atom. The fraction of sp³-hybridized carbons (Fsp3) is 0.867. The van der Waals surface area contributed by atoms with Crippen molar-refractivity contribution in [3.8, 4) is 0 Å². The minimum absolute atomic E-state index is 0.414. The number of aromatic nitrogens is 3. The molecule has 1 N–H and O–H groups in total. The summed E-state index contributed by atoms with van der Waals surface area (Å²) < 4.78 is 2.02. The maximum Gasteiger partial charge on any atom is 0.154 e. The van der Waals surface area contributed by atoms with Crippen LogP contribution < -0.4 is 5.32 Å². The van der Waals surface area contributed by atoms with Crippen LogP contribution in [0.25, 0.3) is 0 Å². The molecular weight excluding hydrogens is 236 g/mol. The Hall–Kier alpha value is -0.900. The van der Waals surface area contributed by atoms with Crippen molar-refractivity contribution in [3.63, 3.8) is 0 Å². The summed E-state index contributed by atoms with van der Waals surface area (Å²) >= 11 is 0. The molecule has 2 fully saturated rings. The lowest BCUT2D eigenvalue weighted by atomic mass is 9.89. The molecule has 0 spiro atoms. The summed E-state index contributed by atoms with van der Waals surface area (Å²) in [6, 6.07) is 0.414. The molecule has 4 heteroatoms. The van der Waals surface area contributed by atoms with Gasteiger partial charge >= 0.3 is 0 Å². The molecule has 19 heavy (non-hydrogen) atoms. The first kappa shape index (κ1) is 13.1. The zero-order valence-corrected chi connectivity index (χ0v) is 12.1. The molecule has 0 amide bonds. The van der Waals surface area contributed by atoms with Gasteiger partial charge < -0.3 is 5.32 Å². The zero-order chi connectivity index (χ0) is 13.1. The van der Waals surface area contributed by atoms with E-state index in [0.29, 0.717) is 12.0 Å². The summed E-state index contributed by atoms with van der Waals surface area (Å²) in [6.45, 7) is 1.12. The van der Waals surface area contributed by atoms with Gasteiger partial charge in [-0.2, -0.15) is 5.10 Å². The highest BCUT2D eigenvalue weighted by Gasteiger charge is 2.24. The van der Waals surface area contributed by atoms with Crippen molar-refractivity contribution in [3.05, 3.63) is 11.6 Å². The van der Waals surface area contributed by atoms with Crippen molar-refractivity contribution in [1.82, 2.24) is 20.1 Å². The van der Waals surface area contributed by atoms with E-state index in [-0.39, 0.29) is 0 Å². The molecule has 1 aromatic heterocycles. The van der Waals surface area contributed by atoms with Gasteiger partial charge in [0.25, 0.3) is 0 Å². The molecule has 1 aromatic rings. The lowest BCUT2D eigenvalue weighted by Gasteiger charge is -2.18. The van der Waals surface area contributed by atoms with Crippen LogP contribution in [0.2, 0.25) is 0 Å². The van der Waals surface area contributed by atoms with E-state index in [2.05, 4.69) is 12.4 Å². The van der Waals surface area contributed by atoms with Gasteiger partial charge in [-0.05, 0) is 32.2 Å². The summed E-state index contributed by atoms with van der Waals surface area (Å²) in [7, 11) is 2.06. The van der Waals surface area contributed by atoms with E-state index in [1.807, 2.05) is 4.68 Å². The number of hydrogen-bond donors (Lipinski definition) is 1. The SMILES string of the molecule is Cn1nc(C2CCCCC2)nc1C1CCCCCN1. The van der Waals surface area contributed by atoms with Crippen molar-refractivity contribution in [2.75, 3.05) is 6.54 Å². The van der Waals surface area contributed by atoms with Gasteiger partial charge in [0, 0.05) is 13.0 Å². The Kier molecular flexibility index (Phi) is 4.16. The van der Waals surface area contributed by atoms with Crippen LogP contribution in [0.5, 0.6) is 0 Å². The lowest BCUT2D eigenvalue weighted by molar-refractivity contribution is 0.427. The molecule has 0 radical (unpaired) electrons. The molecule has 1 saturated heterocycles. The maximum absolute atomic E-state index is 4.89. The summed E-state index contributed by atoms with van der Waals surface area (Å²) in [5.74, 6) is 2.87. The van der Waals surface area contributed by atoms with E-state index in [0.717, 1.165) is 18.2 Å². The fourth-order valence-corrected chi connectivity index (χ4v) is 3.50. The fourth-order valence-electron chi connectivity index (χ4n) is 3.50. The van der Waals surface area contributed by atoms with Gasteiger partial charge in [0.15, 0.2) is 5.82 Å². The van der Waals surface area contributed by atoms with E-state index in [9.17, 15) is 0 Å². The molecule has 1 aliphatic carbocycles. The van der Waals surface area contributed by atoms with Gasteiger partial charge in [-0.1, -0.05) is 32.1 Å². The number of hydrogen-bond acceptors (Lipinski definition) is 3. The van der Waals surface area contributed by atoms with Crippen molar-refractivity contribution in [1.29, 1.82) is 0 Å². The normalized spacial score (nSPS) is 26.3. The first-order valence-corrected chi connectivity index (χ1v) is 7.99. The standard InChI is InChI=1S/C15H26N4/c1-19-15(13-10-6-3-7-11-16-13)17-14(18-19)12-8-4-2-5-9-12/h12-13,16H,2-11H2,1H3. The zero-order valence-electron chi connectivity index (χ0n) is 12.1. The second-order valence-corrected chi connectivity index (χ2v) is 6.14.